The van der Waals surface area contributed by atoms with Gasteiger partial charge in [-0.1, -0.05) is 0 Å². The molecule has 10 heavy (non-hydrogen) atoms. The Morgan fingerprint density at radius 2 is 2.10 bits per heavy atom. The van der Waals surface area contributed by atoms with Crippen LogP contribution in [-0.4, -0.2) is 11.8 Å². The summed E-state index contributed by atoms with van der Waals surface area (Å²) < 4.78 is 0. The number of amides is 2. The summed E-state index contributed by atoms with van der Waals surface area (Å²) in [4.78, 5) is 21.7. The van der Waals surface area contributed by atoms with E-state index < -0.39 is 0 Å². The number of imide groups is 1. The molecule has 0 saturated carbocycles. The predicted octanol–water partition coefficient (Wildman–Crippen LogP) is -0.0625. The van der Waals surface area contributed by atoms with Gasteiger partial charge in [0, 0.05) is 11.1 Å². The van der Waals surface area contributed by atoms with E-state index in [9.17, 15) is 9.59 Å². The largest absolute Gasteiger partial charge is 0.289 e. The minimum Gasteiger partial charge on any atom is -0.289 e. The maximum absolute atomic E-state index is 10.9. The topological polar surface area (TPSA) is 46.2 Å². The Morgan fingerprint density at radius 1 is 1.30 bits per heavy atom. The summed E-state index contributed by atoms with van der Waals surface area (Å²) in [5, 5.41) is 2.24. The number of hydrogen-bond donors (Lipinski definition) is 1. The lowest BCUT2D eigenvalue weighted by Gasteiger charge is -1.93. The van der Waals surface area contributed by atoms with Gasteiger partial charge in [0.1, 0.15) is 0 Å². The fraction of sp³-hybridized carbons (Fsp3) is 0.286. The van der Waals surface area contributed by atoms with E-state index in [0.717, 1.165) is 12.8 Å². The Hall–Kier alpha value is -1.12. The molecule has 0 atom stereocenters. The van der Waals surface area contributed by atoms with Crippen molar-refractivity contribution in [2.45, 2.75) is 12.8 Å². The van der Waals surface area contributed by atoms with Gasteiger partial charge >= 0.3 is 0 Å². The average molecular weight is 136 g/mol. The molecular weight excluding hydrogens is 130 g/mol. The molecule has 2 rings (SSSR count). The fourth-order valence-corrected chi connectivity index (χ4v) is 1.33. The Balaban J connectivity index is 2.45. The van der Waals surface area contributed by atoms with Crippen molar-refractivity contribution in [2.24, 2.45) is 0 Å². The Bertz CT molecular complexity index is 228. The van der Waals surface area contributed by atoms with Gasteiger partial charge in [-0.05, 0) is 19.3 Å². The van der Waals surface area contributed by atoms with E-state index in [-0.39, 0.29) is 11.8 Å². The zero-order valence-corrected chi connectivity index (χ0v) is 5.31. The fourth-order valence-electron chi connectivity index (χ4n) is 1.33. The monoisotopic (exact) mass is 136 g/mol. The van der Waals surface area contributed by atoms with Gasteiger partial charge in [-0.2, -0.15) is 0 Å². The van der Waals surface area contributed by atoms with Gasteiger partial charge in [-0.25, -0.2) is 0 Å². The van der Waals surface area contributed by atoms with Gasteiger partial charge in [-0.3, -0.25) is 14.9 Å². The van der Waals surface area contributed by atoms with E-state index in [0.29, 0.717) is 11.1 Å². The van der Waals surface area contributed by atoms with E-state index in [1.54, 1.807) is 0 Å². The maximum atomic E-state index is 10.9. The first-order chi connectivity index (χ1) is 4.79. The van der Waals surface area contributed by atoms with Crippen LogP contribution in [0.4, 0.5) is 0 Å². The Morgan fingerprint density at radius 3 is 2.80 bits per heavy atom. The molecule has 0 bridgehead atoms. The quantitative estimate of drug-likeness (QED) is 0.474. The third-order valence-corrected chi connectivity index (χ3v) is 1.81. The van der Waals surface area contributed by atoms with Gasteiger partial charge in [0.2, 0.25) is 0 Å². The molecule has 0 spiro atoms. The van der Waals surface area contributed by atoms with Crippen molar-refractivity contribution in [1.82, 2.24) is 5.32 Å². The second-order valence-corrected chi connectivity index (χ2v) is 2.42. The van der Waals surface area contributed by atoms with Gasteiger partial charge < -0.3 is 0 Å². The first-order valence-corrected chi connectivity index (χ1v) is 3.21. The van der Waals surface area contributed by atoms with Crippen LogP contribution in [0.15, 0.2) is 11.1 Å². The second kappa shape index (κ2) is 1.68. The van der Waals surface area contributed by atoms with Gasteiger partial charge in [0.25, 0.3) is 11.8 Å². The van der Waals surface area contributed by atoms with E-state index in [1.165, 1.54) is 0 Å². The molecule has 3 heteroatoms. The predicted molar refractivity (Wildman–Crippen MR) is 33.7 cm³/mol. The molecule has 51 valence electrons. The van der Waals surface area contributed by atoms with Gasteiger partial charge in [0.05, 0.1) is 0 Å². The molecule has 1 N–H and O–H groups in total. The summed E-state index contributed by atoms with van der Waals surface area (Å²) in [6.45, 7) is 0. The molecule has 0 saturated heterocycles. The van der Waals surface area contributed by atoms with Crippen molar-refractivity contribution in [3.8, 4) is 0 Å². The maximum Gasteiger partial charge on any atom is 0.254 e. The minimum absolute atomic E-state index is 0.200. The first-order valence-electron chi connectivity index (χ1n) is 3.21. The van der Waals surface area contributed by atoms with E-state index in [2.05, 4.69) is 5.32 Å². The molecule has 0 unspecified atom stereocenters. The molecule has 1 aliphatic carbocycles. The molecule has 0 aromatic heterocycles. The number of rotatable bonds is 0. The van der Waals surface area contributed by atoms with E-state index in [1.807, 2.05) is 6.42 Å². The van der Waals surface area contributed by atoms with E-state index >= 15 is 0 Å². The van der Waals surface area contributed by atoms with Crippen LogP contribution in [-0.2, 0) is 9.59 Å². The van der Waals surface area contributed by atoms with Crippen LogP contribution in [0.3, 0.4) is 0 Å². The highest BCUT2D eigenvalue weighted by molar-refractivity contribution is 6.21. The summed E-state index contributed by atoms with van der Waals surface area (Å²) in [5.41, 5.74) is 1.27. The third kappa shape index (κ3) is 0.546. The van der Waals surface area contributed by atoms with Crippen molar-refractivity contribution >= 4 is 11.8 Å². The normalized spacial score (nSPS) is 23.6. The standard InChI is InChI=1S/C7H6NO2/c9-6-4-2-1-3-5(4)7(10)8-6/h2H,1,3H2,(H,8,9,10). The molecule has 1 heterocycles. The lowest BCUT2D eigenvalue weighted by Crippen LogP contribution is -2.24. The average Bonchev–Trinajstić information content (AvgIpc) is 2.39. The summed E-state index contributed by atoms with van der Waals surface area (Å²) >= 11 is 0. The molecular formula is C7H6NO2. The molecule has 1 aliphatic heterocycles. The molecule has 2 amide bonds. The van der Waals surface area contributed by atoms with Crippen molar-refractivity contribution in [3.63, 3.8) is 0 Å². The lowest BCUT2D eigenvalue weighted by atomic mass is 10.2. The molecule has 0 fully saturated rings. The molecule has 2 aliphatic rings. The molecule has 0 aromatic rings. The van der Waals surface area contributed by atoms with Gasteiger partial charge in [-0.15, -0.1) is 0 Å². The highest BCUT2D eigenvalue weighted by Gasteiger charge is 2.32. The summed E-state index contributed by atoms with van der Waals surface area (Å²) in [7, 11) is 0. The highest BCUT2D eigenvalue weighted by atomic mass is 16.2. The number of carbonyl (C=O) groups is 2. The number of carbonyl (C=O) groups excluding carboxylic acids is 2. The number of nitrogens with one attached hydrogen (secondary N) is 1. The van der Waals surface area contributed by atoms with Crippen LogP contribution < -0.4 is 5.32 Å². The summed E-state index contributed by atoms with van der Waals surface area (Å²) in [6, 6.07) is 0. The van der Waals surface area contributed by atoms with Crippen LogP contribution in [0.5, 0.6) is 0 Å². The van der Waals surface area contributed by atoms with Crippen LogP contribution in [0, 0.1) is 6.42 Å². The van der Waals surface area contributed by atoms with E-state index in [4.69, 9.17) is 0 Å². The smallest absolute Gasteiger partial charge is 0.254 e. The van der Waals surface area contributed by atoms with Crippen LogP contribution in [0.1, 0.15) is 12.8 Å². The second-order valence-electron chi connectivity index (χ2n) is 2.42. The Labute approximate surface area is 58.1 Å². The van der Waals surface area contributed by atoms with Crippen LogP contribution in [0.25, 0.3) is 0 Å². The summed E-state index contributed by atoms with van der Waals surface area (Å²) in [6.07, 6.45) is 3.38. The van der Waals surface area contributed by atoms with Crippen molar-refractivity contribution in [2.75, 3.05) is 0 Å². The van der Waals surface area contributed by atoms with Crippen molar-refractivity contribution < 1.29 is 9.59 Å². The van der Waals surface area contributed by atoms with Crippen molar-refractivity contribution in [3.05, 3.63) is 17.6 Å². The highest BCUT2D eigenvalue weighted by Crippen LogP contribution is 2.28. The molecule has 3 nitrogen and oxygen atoms in total. The zero-order chi connectivity index (χ0) is 7.14. The molecule has 0 aromatic carbocycles. The zero-order valence-electron chi connectivity index (χ0n) is 5.31. The SMILES string of the molecule is O=C1NC(=O)C2=C1[CH]CC2. The minimum atomic E-state index is -0.225. The van der Waals surface area contributed by atoms with Gasteiger partial charge in [0.15, 0.2) is 0 Å². The Kier molecular flexibility index (Phi) is 0.952. The van der Waals surface area contributed by atoms with Crippen molar-refractivity contribution in [1.29, 1.82) is 0 Å². The molecule has 1 radical (unpaired) electrons. The van der Waals surface area contributed by atoms with Crippen LogP contribution in [0.2, 0.25) is 0 Å². The number of hydrogen-bond acceptors (Lipinski definition) is 2. The first kappa shape index (κ1) is 5.65. The van der Waals surface area contributed by atoms with Crippen LogP contribution >= 0.6 is 0 Å². The third-order valence-electron chi connectivity index (χ3n) is 1.81. The lowest BCUT2D eigenvalue weighted by molar-refractivity contribution is -0.124. The summed E-state index contributed by atoms with van der Waals surface area (Å²) in [5.74, 6) is -0.425.